The molecule has 2 saturated carbocycles. The Morgan fingerprint density at radius 3 is 2.36 bits per heavy atom. The van der Waals surface area contributed by atoms with Crippen LogP contribution in [0.4, 0.5) is 0 Å². The number of benzene rings is 1. The number of rotatable bonds is 2. The second-order valence-electron chi connectivity index (χ2n) is 8.74. The molecule has 4 nitrogen and oxygen atoms in total. The Labute approximate surface area is 169 Å². The fourth-order valence-electron chi connectivity index (χ4n) is 5.43. The molecule has 0 amide bonds. The first kappa shape index (κ1) is 19.9. The Hall–Kier alpha value is -1.43. The molecular weight excluding hydrogens is 370 g/mol. The Morgan fingerprint density at radius 1 is 1.04 bits per heavy atom. The molecule has 0 spiro atoms. The van der Waals surface area contributed by atoms with Gasteiger partial charge in [0.05, 0.1) is 11.0 Å². The van der Waals surface area contributed by atoms with Gasteiger partial charge in [0.1, 0.15) is 0 Å². The van der Waals surface area contributed by atoms with Crippen molar-refractivity contribution in [2.75, 3.05) is 13.1 Å². The molecule has 1 aliphatic heterocycles. The van der Waals surface area contributed by atoms with Crippen LogP contribution in [-0.2, 0) is 10.0 Å². The van der Waals surface area contributed by atoms with Gasteiger partial charge in [-0.25, -0.2) is 8.42 Å². The number of sulfonamides is 1. The summed E-state index contributed by atoms with van der Waals surface area (Å²) in [6.45, 7) is 5.24. The standard InChI is InChI=1S/C23H31NO3S/c1-16(2)22-20-15-24(28(26,27)19-11-7-4-8-12-19)14-18(20)13-21(25)23(22)17-9-5-3-6-10-17/h4,7-8,11-12,18,20-21,25H,3,5-6,9-10,13-15H2,1-2H3/t18-,20+,21-/m0/s1. The molecule has 5 heteroatoms. The molecule has 0 radical (unpaired) electrons. The first-order chi connectivity index (χ1) is 13.4. The highest BCUT2D eigenvalue weighted by Gasteiger charge is 2.46. The highest BCUT2D eigenvalue weighted by Crippen LogP contribution is 2.47. The highest BCUT2D eigenvalue weighted by atomic mass is 32.2. The summed E-state index contributed by atoms with van der Waals surface area (Å²) in [5, 5.41) is 11.0. The zero-order chi connectivity index (χ0) is 19.9. The second-order valence-corrected chi connectivity index (χ2v) is 10.7. The van der Waals surface area contributed by atoms with Gasteiger partial charge in [0.25, 0.3) is 0 Å². The van der Waals surface area contributed by atoms with E-state index < -0.39 is 16.1 Å². The van der Waals surface area contributed by atoms with E-state index in [0.717, 1.165) is 18.4 Å². The van der Waals surface area contributed by atoms with E-state index in [1.54, 1.807) is 28.6 Å². The van der Waals surface area contributed by atoms with E-state index in [-0.39, 0.29) is 11.8 Å². The van der Waals surface area contributed by atoms with Gasteiger partial charge in [0, 0.05) is 19.0 Å². The van der Waals surface area contributed by atoms with Crippen LogP contribution in [0.3, 0.4) is 0 Å². The van der Waals surface area contributed by atoms with Crippen LogP contribution in [0, 0.1) is 11.8 Å². The summed E-state index contributed by atoms with van der Waals surface area (Å²) in [6, 6.07) is 8.72. The second kappa shape index (κ2) is 7.77. The van der Waals surface area contributed by atoms with Crippen LogP contribution in [-0.4, -0.2) is 37.0 Å². The van der Waals surface area contributed by atoms with Crippen LogP contribution >= 0.6 is 0 Å². The van der Waals surface area contributed by atoms with E-state index in [9.17, 15) is 13.5 Å². The molecule has 1 N–H and O–H groups in total. The number of fused-ring (bicyclic) bond motifs is 1. The van der Waals surface area contributed by atoms with E-state index in [4.69, 9.17) is 0 Å². The lowest BCUT2D eigenvalue weighted by Gasteiger charge is -2.37. The molecular formula is C23H31NO3S. The minimum Gasteiger partial charge on any atom is -0.388 e. The van der Waals surface area contributed by atoms with Gasteiger partial charge in [-0.3, -0.25) is 0 Å². The molecule has 3 aliphatic rings. The minimum atomic E-state index is -3.49. The molecule has 28 heavy (non-hydrogen) atoms. The first-order valence-corrected chi connectivity index (χ1v) is 12.0. The van der Waals surface area contributed by atoms with Gasteiger partial charge in [0.15, 0.2) is 0 Å². The van der Waals surface area contributed by atoms with Crippen LogP contribution in [0.15, 0.2) is 57.5 Å². The summed E-state index contributed by atoms with van der Waals surface area (Å²) in [5.41, 5.74) is 5.03. The number of aliphatic hydroxyl groups excluding tert-OH is 1. The summed E-state index contributed by atoms with van der Waals surface area (Å²) in [7, 11) is -3.49. The fourth-order valence-corrected chi connectivity index (χ4v) is 6.98. The third-order valence-corrected chi connectivity index (χ3v) is 8.53. The van der Waals surface area contributed by atoms with Crippen molar-refractivity contribution in [3.8, 4) is 0 Å². The molecule has 1 heterocycles. The van der Waals surface area contributed by atoms with E-state index in [0.29, 0.717) is 24.4 Å². The summed E-state index contributed by atoms with van der Waals surface area (Å²) >= 11 is 0. The van der Waals surface area contributed by atoms with Crippen molar-refractivity contribution < 1.29 is 13.5 Å². The Kier molecular flexibility index (Phi) is 5.51. The number of nitrogens with zero attached hydrogens (tertiary/aromatic N) is 1. The van der Waals surface area contributed by atoms with Gasteiger partial charge in [0.2, 0.25) is 10.0 Å². The molecule has 1 aromatic rings. The minimum absolute atomic E-state index is 0.186. The summed E-state index contributed by atoms with van der Waals surface area (Å²) in [5.74, 6) is 0.377. The normalized spacial score (nSPS) is 29.1. The lowest BCUT2D eigenvalue weighted by molar-refractivity contribution is 0.152. The van der Waals surface area contributed by atoms with Gasteiger partial charge < -0.3 is 5.11 Å². The van der Waals surface area contributed by atoms with E-state index in [2.05, 4.69) is 13.8 Å². The molecule has 0 aromatic heterocycles. The maximum Gasteiger partial charge on any atom is 0.243 e. The van der Waals surface area contributed by atoms with Gasteiger partial charge in [-0.05, 0) is 75.1 Å². The van der Waals surface area contributed by atoms with Crippen LogP contribution in [0.25, 0.3) is 0 Å². The third-order valence-electron chi connectivity index (χ3n) is 6.69. The van der Waals surface area contributed by atoms with Crippen molar-refractivity contribution in [3.63, 3.8) is 0 Å². The Balaban J connectivity index is 1.69. The van der Waals surface area contributed by atoms with Crippen molar-refractivity contribution >= 4 is 10.0 Å². The monoisotopic (exact) mass is 401 g/mol. The summed E-state index contributed by atoms with van der Waals surface area (Å²) in [6.07, 6.45) is 6.03. The lowest BCUT2D eigenvalue weighted by Crippen LogP contribution is -2.33. The SMILES string of the molecule is CC(C)=C1C(=C2CCCCC2)[C@@H](O)C[C@H]2CN(S(=O)(=O)c3ccccc3)C[C@@H]12. The molecule has 0 bridgehead atoms. The van der Waals surface area contributed by atoms with Gasteiger partial charge in [-0.1, -0.05) is 35.8 Å². The molecule has 3 atom stereocenters. The van der Waals surface area contributed by atoms with Crippen molar-refractivity contribution in [2.45, 2.75) is 63.4 Å². The molecule has 1 saturated heterocycles. The highest BCUT2D eigenvalue weighted by molar-refractivity contribution is 7.89. The quantitative estimate of drug-likeness (QED) is 0.804. The van der Waals surface area contributed by atoms with Crippen molar-refractivity contribution in [1.82, 2.24) is 4.31 Å². The molecule has 4 rings (SSSR count). The Morgan fingerprint density at radius 2 is 1.71 bits per heavy atom. The summed E-state index contributed by atoms with van der Waals surface area (Å²) in [4.78, 5) is 0.360. The topological polar surface area (TPSA) is 57.6 Å². The molecule has 3 fully saturated rings. The number of hydrogen-bond acceptors (Lipinski definition) is 3. The largest absolute Gasteiger partial charge is 0.388 e. The summed E-state index contributed by atoms with van der Waals surface area (Å²) < 4.78 is 27.9. The van der Waals surface area contributed by atoms with Gasteiger partial charge >= 0.3 is 0 Å². The van der Waals surface area contributed by atoms with E-state index in [1.807, 2.05) is 6.07 Å². The van der Waals surface area contributed by atoms with Crippen molar-refractivity contribution in [3.05, 3.63) is 52.6 Å². The average Bonchev–Trinajstić information content (AvgIpc) is 3.12. The van der Waals surface area contributed by atoms with Crippen LogP contribution in [0.2, 0.25) is 0 Å². The number of allylic oxidation sites excluding steroid dienone is 2. The molecule has 2 aliphatic carbocycles. The smallest absolute Gasteiger partial charge is 0.243 e. The van der Waals surface area contributed by atoms with Crippen LogP contribution in [0.1, 0.15) is 52.4 Å². The molecule has 0 unspecified atom stereocenters. The number of hydrogen-bond donors (Lipinski definition) is 1. The van der Waals surface area contributed by atoms with E-state index in [1.165, 1.54) is 36.0 Å². The zero-order valence-corrected chi connectivity index (χ0v) is 17.7. The van der Waals surface area contributed by atoms with Gasteiger partial charge in [-0.15, -0.1) is 0 Å². The molecule has 152 valence electrons. The lowest BCUT2D eigenvalue weighted by atomic mass is 9.69. The predicted octanol–water partition coefficient (Wildman–Crippen LogP) is 4.29. The molecule has 1 aromatic carbocycles. The predicted molar refractivity (Wildman–Crippen MR) is 111 cm³/mol. The van der Waals surface area contributed by atoms with Crippen LogP contribution < -0.4 is 0 Å². The van der Waals surface area contributed by atoms with Crippen molar-refractivity contribution in [1.29, 1.82) is 0 Å². The van der Waals surface area contributed by atoms with Gasteiger partial charge in [-0.2, -0.15) is 4.31 Å². The third kappa shape index (κ3) is 3.49. The fraction of sp³-hybridized carbons (Fsp3) is 0.565. The first-order valence-electron chi connectivity index (χ1n) is 10.5. The Bertz CT molecular complexity index is 889. The maximum absolute atomic E-state index is 13.2. The maximum atomic E-state index is 13.2. The van der Waals surface area contributed by atoms with Crippen molar-refractivity contribution in [2.24, 2.45) is 11.8 Å². The van der Waals surface area contributed by atoms with Crippen LogP contribution in [0.5, 0.6) is 0 Å². The average molecular weight is 402 g/mol. The number of aliphatic hydroxyl groups is 1. The zero-order valence-electron chi connectivity index (χ0n) is 16.9. The van der Waals surface area contributed by atoms with E-state index >= 15 is 0 Å².